The molecule has 5 nitrogen and oxygen atoms in total. The number of nitrogens with zero attached hydrogens (tertiary/aromatic N) is 2. The maximum absolute atomic E-state index is 12.7. The summed E-state index contributed by atoms with van der Waals surface area (Å²) in [5.74, 6) is -0.0366. The first-order valence-electron chi connectivity index (χ1n) is 8.11. The van der Waals surface area contributed by atoms with Crippen molar-refractivity contribution in [1.82, 2.24) is 9.47 Å². The molecule has 24 heavy (non-hydrogen) atoms. The number of likely N-dealkylation sites (tertiary alicyclic amines) is 1. The average molecular weight is 322 g/mol. The molecule has 1 amide bonds. The maximum atomic E-state index is 12.7. The first-order valence-corrected chi connectivity index (χ1v) is 8.11. The average Bonchev–Trinajstić information content (AvgIpc) is 3.05. The van der Waals surface area contributed by atoms with E-state index in [4.69, 9.17) is 0 Å². The van der Waals surface area contributed by atoms with Gasteiger partial charge in [-0.1, -0.05) is 24.3 Å². The van der Waals surface area contributed by atoms with Crippen molar-refractivity contribution in [2.45, 2.75) is 19.1 Å². The van der Waals surface area contributed by atoms with Crippen LogP contribution in [0, 0.1) is 0 Å². The molecule has 122 valence electrons. The van der Waals surface area contributed by atoms with E-state index in [9.17, 15) is 14.7 Å². The van der Waals surface area contributed by atoms with Gasteiger partial charge in [-0.3, -0.25) is 9.59 Å². The lowest BCUT2D eigenvalue weighted by Gasteiger charge is -2.19. The van der Waals surface area contributed by atoms with E-state index in [1.807, 2.05) is 41.0 Å². The number of hydrogen-bond acceptors (Lipinski definition) is 3. The molecule has 1 saturated heterocycles. The molecule has 2 heterocycles. The minimum absolute atomic E-state index is 0.0125. The Hall–Kier alpha value is -2.66. The Labute approximate surface area is 138 Å². The fraction of sp³-hybridized carbons (Fsp3) is 0.263. The van der Waals surface area contributed by atoms with Gasteiger partial charge in [0.25, 0.3) is 0 Å². The van der Waals surface area contributed by atoms with Crippen molar-refractivity contribution < 1.29 is 9.90 Å². The lowest BCUT2D eigenvalue weighted by molar-refractivity contribution is -0.131. The quantitative estimate of drug-likeness (QED) is 0.731. The molecule has 0 aliphatic carbocycles. The smallest absolute Gasteiger partial charge is 0.242 e. The number of benzene rings is 2. The highest BCUT2D eigenvalue weighted by atomic mass is 16.3. The van der Waals surface area contributed by atoms with Crippen molar-refractivity contribution in [3.63, 3.8) is 0 Å². The first kappa shape index (κ1) is 14.9. The van der Waals surface area contributed by atoms with E-state index in [0.717, 1.165) is 11.0 Å². The van der Waals surface area contributed by atoms with Gasteiger partial charge in [0, 0.05) is 23.9 Å². The van der Waals surface area contributed by atoms with Gasteiger partial charge in [0.2, 0.25) is 5.91 Å². The van der Waals surface area contributed by atoms with Crippen LogP contribution in [-0.2, 0) is 11.3 Å². The zero-order valence-corrected chi connectivity index (χ0v) is 13.2. The number of aliphatic hydroxyl groups is 1. The van der Waals surface area contributed by atoms with E-state index >= 15 is 0 Å². The van der Waals surface area contributed by atoms with Gasteiger partial charge in [-0.15, -0.1) is 0 Å². The summed E-state index contributed by atoms with van der Waals surface area (Å²) in [5.41, 5.74) is 1.50. The summed E-state index contributed by atoms with van der Waals surface area (Å²) in [5, 5.41) is 10.9. The fourth-order valence-electron chi connectivity index (χ4n) is 3.45. The van der Waals surface area contributed by atoms with Gasteiger partial charge < -0.3 is 14.6 Å². The molecule has 1 aliphatic heterocycles. The second kappa shape index (κ2) is 5.76. The largest absolute Gasteiger partial charge is 0.391 e. The molecule has 0 saturated carbocycles. The van der Waals surface area contributed by atoms with Crippen LogP contribution < -0.4 is 5.43 Å². The summed E-state index contributed by atoms with van der Waals surface area (Å²) in [6.45, 7) is 1.12. The minimum atomic E-state index is -0.434. The van der Waals surface area contributed by atoms with E-state index in [2.05, 4.69) is 0 Å². The SMILES string of the molecule is O=C(Cn1c2ccccc2c(=O)c2ccccc21)N1CC[C@@H](O)C1. The molecule has 2 aromatic carbocycles. The second-order valence-electron chi connectivity index (χ2n) is 6.23. The zero-order valence-electron chi connectivity index (χ0n) is 13.2. The van der Waals surface area contributed by atoms with Gasteiger partial charge in [-0.05, 0) is 30.7 Å². The second-order valence-corrected chi connectivity index (χ2v) is 6.23. The number of carbonyl (C=O) groups is 1. The molecule has 5 heteroatoms. The number of hydrogen-bond donors (Lipinski definition) is 1. The molecule has 0 radical (unpaired) electrons. The van der Waals surface area contributed by atoms with Crippen molar-refractivity contribution in [3.05, 3.63) is 58.8 Å². The molecule has 1 N–H and O–H groups in total. The Morgan fingerprint density at radius 3 is 2.17 bits per heavy atom. The predicted molar refractivity (Wildman–Crippen MR) is 92.9 cm³/mol. The number of aliphatic hydroxyl groups excluding tert-OH is 1. The molecule has 1 aliphatic rings. The number of pyridine rings is 1. The summed E-state index contributed by atoms with van der Waals surface area (Å²) in [6, 6.07) is 14.7. The van der Waals surface area contributed by atoms with Crippen LogP contribution in [0.1, 0.15) is 6.42 Å². The van der Waals surface area contributed by atoms with E-state index in [1.54, 1.807) is 17.0 Å². The third-order valence-electron chi connectivity index (χ3n) is 4.69. The Kier molecular flexibility index (Phi) is 3.58. The minimum Gasteiger partial charge on any atom is -0.391 e. The standard InChI is InChI=1S/C19H18N2O3/c22-13-9-10-20(11-13)18(23)12-21-16-7-3-1-5-14(16)19(24)15-6-2-4-8-17(15)21/h1-8,13,22H,9-12H2/t13-/m1/s1. The summed E-state index contributed by atoms with van der Waals surface area (Å²) in [7, 11) is 0. The van der Waals surface area contributed by atoms with E-state index in [0.29, 0.717) is 30.3 Å². The number of para-hydroxylation sites is 2. The number of β-amino-alcohol motifs (C(OH)–C–C–N with tert-alkyl or cyclic N) is 1. The first-order chi connectivity index (χ1) is 11.6. The molecule has 0 unspecified atom stereocenters. The third-order valence-corrected chi connectivity index (χ3v) is 4.69. The van der Waals surface area contributed by atoms with Gasteiger partial charge in [-0.25, -0.2) is 0 Å². The van der Waals surface area contributed by atoms with E-state index < -0.39 is 6.10 Å². The van der Waals surface area contributed by atoms with Gasteiger partial charge in [0.15, 0.2) is 5.43 Å². The van der Waals surface area contributed by atoms with Crippen molar-refractivity contribution in [3.8, 4) is 0 Å². The Bertz CT molecular complexity index is 933. The van der Waals surface area contributed by atoms with E-state index in [-0.39, 0.29) is 17.9 Å². The molecule has 0 spiro atoms. The molecule has 1 fully saturated rings. The van der Waals surface area contributed by atoms with Crippen LogP contribution >= 0.6 is 0 Å². The van der Waals surface area contributed by atoms with Crippen LogP contribution in [-0.4, -0.2) is 39.7 Å². The number of fused-ring (bicyclic) bond motifs is 2. The lowest BCUT2D eigenvalue weighted by atomic mass is 10.1. The van der Waals surface area contributed by atoms with Crippen LogP contribution in [0.2, 0.25) is 0 Å². The Balaban J connectivity index is 1.88. The van der Waals surface area contributed by atoms with Crippen LogP contribution in [0.15, 0.2) is 53.3 Å². The zero-order chi connectivity index (χ0) is 16.7. The molecular weight excluding hydrogens is 304 g/mol. The van der Waals surface area contributed by atoms with Gasteiger partial charge in [0.05, 0.1) is 17.1 Å². The molecule has 0 bridgehead atoms. The summed E-state index contributed by atoms with van der Waals surface area (Å²) in [4.78, 5) is 27.0. The van der Waals surface area contributed by atoms with Gasteiger partial charge in [-0.2, -0.15) is 0 Å². The molecule has 1 aromatic heterocycles. The van der Waals surface area contributed by atoms with Crippen molar-refractivity contribution in [2.75, 3.05) is 13.1 Å². The Morgan fingerprint density at radius 2 is 1.62 bits per heavy atom. The normalized spacial score (nSPS) is 17.7. The summed E-state index contributed by atoms with van der Waals surface area (Å²) in [6.07, 6.45) is 0.189. The van der Waals surface area contributed by atoms with E-state index in [1.165, 1.54) is 0 Å². The van der Waals surface area contributed by atoms with Crippen molar-refractivity contribution >= 4 is 27.7 Å². The summed E-state index contributed by atoms with van der Waals surface area (Å²) < 4.78 is 1.90. The fourth-order valence-corrected chi connectivity index (χ4v) is 3.45. The molecule has 4 rings (SSSR count). The maximum Gasteiger partial charge on any atom is 0.242 e. The number of rotatable bonds is 2. The summed E-state index contributed by atoms with van der Waals surface area (Å²) >= 11 is 0. The highest BCUT2D eigenvalue weighted by molar-refractivity contribution is 5.94. The monoisotopic (exact) mass is 322 g/mol. The van der Waals surface area contributed by atoms with Crippen molar-refractivity contribution in [2.24, 2.45) is 0 Å². The number of carbonyl (C=O) groups excluding carboxylic acids is 1. The Morgan fingerprint density at radius 1 is 1.04 bits per heavy atom. The highest BCUT2D eigenvalue weighted by Crippen LogP contribution is 2.20. The van der Waals surface area contributed by atoms with Gasteiger partial charge in [0.1, 0.15) is 6.54 Å². The topological polar surface area (TPSA) is 62.5 Å². The molecule has 1 atom stereocenters. The number of amides is 1. The van der Waals surface area contributed by atoms with Crippen LogP contribution in [0.5, 0.6) is 0 Å². The molecular formula is C19H18N2O3. The van der Waals surface area contributed by atoms with Gasteiger partial charge >= 0.3 is 0 Å². The third kappa shape index (κ3) is 2.37. The van der Waals surface area contributed by atoms with Crippen LogP contribution in [0.25, 0.3) is 21.8 Å². The highest BCUT2D eigenvalue weighted by Gasteiger charge is 2.25. The predicted octanol–water partition coefficient (Wildman–Crippen LogP) is 1.75. The van der Waals surface area contributed by atoms with Crippen LogP contribution in [0.4, 0.5) is 0 Å². The molecule has 3 aromatic rings. The number of aromatic nitrogens is 1. The van der Waals surface area contributed by atoms with Crippen LogP contribution in [0.3, 0.4) is 0 Å². The van der Waals surface area contributed by atoms with Crippen molar-refractivity contribution in [1.29, 1.82) is 0 Å². The lowest BCUT2D eigenvalue weighted by Crippen LogP contribution is -2.33.